The van der Waals surface area contributed by atoms with Crippen molar-refractivity contribution in [3.8, 4) is 0 Å². The van der Waals surface area contributed by atoms with E-state index in [0.29, 0.717) is 11.3 Å². The average Bonchev–Trinajstić information content (AvgIpc) is 2.60. The van der Waals surface area contributed by atoms with Gasteiger partial charge in [-0.15, -0.1) is 0 Å². The van der Waals surface area contributed by atoms with Gasteiger partial charge in [0.15, 0.2) is 0 Å². The predicted octanol–water partition coefficient (Wildman–Crippen LogP) is 4.53. The highest BCUT2D eigenvalue weighted by Crippen LogP contribution is 2.29. The van der Waals surface area contributed by atoms with E-state index in [9.17, 15) is 22.8 Å². The van der Waals surface area contributed by atoms with Crippen molar-refractivity contribution in [1.82, 2.24) is 0 Å². The maximum absolute atomic E-state index is 12.7. The van der Waals surface area contributed by atoms with Gasteiger partial charge in [-0.3, -0.25) is 4.79 Å². The molecule has 2 rings (SSSR count). The van der Waals surface area contributed by atoms with E-state index in [0.717, 1.165) is 18.2 Å². The molecule has 0 aliphatic rings. The SMILES string of the molecule is CCOC(=O)c1ccc(NC(=O)/C=C/c2cccc(C(F)(F)F)c2)cc1. The Bertz CT molecular complexity index is 812. The Balaban J connectivity index is 2.00. The van der Waals surface area contributed by atoms with Crippen molar-refractivity contribution < 1.29 is 27.5 Å². The van der Waals surface area contributed by atoms with Gasteiger partial charge in [0, 0.05) is 11.8 Å². The summed E-state index contributed by atoms with van der Waals surface area (Å²) < 4.78 is 42.8. The van der Waals surface area contributed by atoms with Gasteiger partial charge in [-0.2, -0.15) is 13.2 Å². The first-order valence-electron chi connectivity index (χ1n) is 7.73. The highest BCUT2D eigenvalue weighted by Gasteiger charge is 2.30. The summed E-state index contributed by atoms with van der Waals surface area (Å²) in [6.07, 6.45) is -2.01. The zero-order valence-electron chi connectivity index (χ0n) is 13.8. The molecule has 0 unspecified atom stereocenters. The normalized spacial score (nSPS) is 11.4. The number of halogens is 3. The molecule has 136 valence electrons. The van der Waals surface area contributed by atoms with Crippen LogP contribution in [0.5, 0.6) is 0 Å². The molecule has 4 nitrogen and oxygen atoms in total. The number of hydrogen-bond acceptors (Lipinski definition) is 3. The van der Waals surface area contributed by atoms with E-state index in [1.807, 2.05) is 0 Å². The van der Waals surface area contributed by atoms with Crippen LogP contribution in [0.15, 0.2) is 54.6 Å². The second-order valence-electron chi connectivity index (χ2n) is 5.24. The lowest BCUT2D eigenvalue weighted by atomic mass is 10.1. The van der Waals surface area contributed by atoms with Crippen LogP contribution in [0.25, 0.3) is 6.08 Å². The molecule has 2 aromatic carbocycles. The van der Waals surface area contributed by atoms with E-state index in [1.54, 1.807) is 6.92 Å². The van der Waals surface area contributed by atoms with Crippen LogP contribution in [0.2, 0.25) is 0 Å². The first-order valence-corrected chi connectivity index (χ1v) is 7.73. The third kappa shape index (κ3) is 5.47. The molecule has 0 aliphatic carbocycles. The zero-order chi connectivity index (χ0) is 19.2. The van der Waals surface area contributed by atoms with Crippen LogP contribution in [-0.2, 0) is 15.7 Å². The zero-order valence-corrected chi connectivity index (χ0v) is 13.8. The van der Waals surface area contributed by atoms with Gasteiger partial charge in [0.05, 0.1) is 17.7 Å². The van der Waals surface area contributed by atoms with Crippen LogP contribution in [0, 0.1) is 0 Å². The predicted molar refractivity (Wildman–Crippen MR) is 91.5 cm³/mol. The minimum Gasteiger partial charge on any atom is -0.462 e. The third-order valence-corrected chi connectivity index (χ3v) is 3.30. The maximum Gasteiger partial charge on any atom is 0.416 e. The fourth-order valence-electron chi connectivity index (χ4n) is 2.08. The lowest BCUT2D eigenvalue weighted by molar-refractivity contribution is -0.137. The van der Waals surface area contributed by atoms with Crippen molar-refractivity contribution in [2.75, 3.05) is 11.9 Å². The number of rotatable bonds is 5. The highest BCUT2D eigenvalue weighted by molar-refractivity contribution is 6.02. The molecule has 0 aliphatic heterocycles. The number of anilines is 1. The fourth-order valence-corrected chi connectivity index (χ4v) is 2.08. The fraction of sp³-hybridized carbons (Fsp3) is 0.158. The summed E-state index contributed by atoms with van der Waals surface area (Å²) in [6, 6.07) is 10.7. The summed E-state index contributed by atoms with van der Waals surface area (Å²) in [5.41, 5.74) is 0.267. The number of nitrogens with one attached hydrogen (secondary N) is 1. The van der Waals surface area contributed by atoms with E-state index < -0.39 is 23.6 Å². The van der Waals surface area contributed by atoms with Gasteiger partial charge in [0.1, 0.15) is 0 Å². The lowest BCUT2D eigenvalue weighted by Gasteiger charge is -2.07. The number of amides is 1. The number of esters is 1. The van der Waals surface area contributed by atoms with Crippen molar-refractivity contribution in [1.29, 1.82) is 0 Å². The van der Waals surface area contributed by atoms with E-state index >= 15 is 0 Å². The number of benzene rings is 2. The summed E-state index contributed by atoms with van der Waals surface area (Å²) >= 11 is 0. The second-order valence-corrected chi connectivity index (χ2v) is 5.24. The Labute approximate surface area is 148 Å². The van der Waals surface area contributed by atoms with Crippen molar-refractivity contribution in [2.24, 2.45) is 0 Å². The Morgan fingerprint density at radius 1 is 1.12 bits per heavy atom. The van der Waals surface area contributed by atoms with Gasteiger partial charge in [0.25, 0.3) is 0 Å². The molecule has 0 atom stereocenters. The Morgan fingerprint density at radius 3 is 2.42 bits per heavy atom. The molecule has 0 radical (unpaired) electrons. The van der Waals surface area contributed by atoms with E-state index in [4.69, 9.17) is 4.74 Å². The monoisotopic (exact) mass is 363 g/mol. The van der Waals surface area contributed by atoms with Crippen LogP contribution in [0.3, 0.4) is 0 Å². The summed E-state index contributed by atoms with van der Waals surface area (Å²) in [5.74, 6) is -0.971. The van der Waals surface area contributed by atoms with Crippen molar-refractivity contribution in [2.45, 2.75) is 13.1 Å². The Kier molecular flexibility index (Phi) is 6.16. The first-order chi connectivity index (χ1) is 12.3. The standard InChI is InChI=1S/C19H16F3NO3/c1-2-26-18(25)14-7-9-16(10-8-14)23-17(24)11-6-13-4-3-5-15(12-13)19(20,21)22/h3-12H,2H2,1H3,(H,23,24)/b11-6+. The molecule has 26 heavy (non-hydrogen) atoms. The Morgan fingerprint density at radius 2 is 1.81 bits per heavy atom. The van der Waals surface area contributed by atoms with Gasteiger partial charge in [-0.25, -0.2) is 4.79 Å². The molecule has 0 saturated carbocycles. The maximum atomic E-state index is 12.7. The van der Waals surface area contributed by atoms with E-state index in [-0.39, 0.29) is 12.2 Å². The van der Waals surface area contributed by atoms with Crippen LogP contribution in [-0.4, -0.2) is 18.5 Å². The summed E-state index contributed by atoms with van der Waals surface area (Å²) in [6.45, 7) is 1.96. The number of carbonyl (C=O) groups excluding carboxylic acids is 2. The van der Waals surface area contributed by atoms with Crippen molar-refractivity contribution in [3.05, 3.63) is 71.3 Å². The van der Waals surface area contributed by atoms with Gasteiger partial charge in [0.2, 0.25) is 5.91 Å². The molecule has 1 N–H and O–H groups in total. The van der Waals surface area contributed by atoms with Gasteiger partial charge < -0.3 is 10.1 Å². The highest BCUT2D eigenvalue weighted by atomic mass is 19.4. The summed E-state index contributed by atoms with van der Waals surface area (Å²) in [4.78, 5) is 23.4. The largest absolute Gasteiger partial charge is 0.462 e. The third-order valence-electron chi connectivity index (χ3n) is 3.30. The van der Waals surface area contributed by atoms with Crippen LogP contribution >= 0.6 is 0 Å². The number of ether oxygens (including phenoxy) is 1. The quantitative estimate of drug-likeness (QED) is 0.627. The molecule has 0 saturated heterocycles. The molecule has 0 fully saturated rings. The van der Waals surface area contributed by atoms with Crippen molar-refractivity contribution in [3.63, 3.8) is 0 Å². The smallest absolute Gasteiger partial charge is 0.416 e. The minimum absolute atomic E-state index is 0.257. The lowest BCUT2D eigenvalue weighted by Crippen LogP contribution is -2.09. The van der Waals surface area contributed by atoms with Gasteiger partial charge in [-0.1, -0.05) is 12.1 Å². The van der Waals surface area contributed by atoms with Crippen LogP contribution in [0.4, 0.5) is 18.9 Å². The van der Waals surface area contributed by atoms with Crippen LogP contribution < -0.4 is 5.32 Å². The molecule has 7 heteroatoms. The summed E-state index contributed by atoms with van der Waals surface area (Å²) in [5, 5.41) is 2.56. The average molecular weight is 363 g/mol. The first kappa shape index (κ1) is 19.2. The number of hydrogen-bond donors (Lipinski definition) is 1. The topological polar surface area (TPSA) is 55.4 Å². The van der Waals surface area contributed by atoms with Crippen molar-refractivity contribution >= 4 is 23.6 Å². The molecule has 1 amide bonds. The molecular weight excluding hydrogens is 347 g/mol. The number of carbonyl (C=O) groups is 2. The second kappa shape index (κ2) is 8.33. The summed E-state index contributed by atoms with van der Waals surface area (Å²) in [7, 11) is 0. The van der Waals surface area contributed by atoms with Gasteiger partial charge in [-0.05, 0) is 55.0 Å². The Hall–Kier alpha value is -3.09. The molecule has 2 aromatic rings. The molecule has 0 bridgehead atoms. The molecule has 0 spiro atoms. The van der Waals surface area contributed by atoms with Crippen LogP contribution in [0.1, 0.15) is 28.4 Å². The number of alkyl halides is 3. The molecular formula is C19H16F3NO3. The molecule has 0 heterocycles. The van der Waals surface area contributed by atoms with E-state index in [1.165, 1.54) is 42.5 Å². The van der Waals surface area contributed by atoms with Gasteiger partial charge >= 0.3 is 12.1 Å². The van der Waals surface area contributed by atoms with E-state index in [2.05, 4.69) is 5.32 Å². The molecule has 0 aromatic heterocycles. The minimum atomic E-state index is -4.44.